The summed E-state index contributed by atoms with van der Waals surface area (Å²) in [5, 5.41) is 3.87. The number of piperazine rings is 1. The summed E-state index contributed by atoms with van der Waals surface area (Å²) < 4.78 is 30.8. The molecule has 1 saturated heterocycles. The third-order valence-corrected chi connectivity index (χ3v) is 5.18. The summed E-state index contributed by atoms with van der Waals surface area (Å²) in [5.41, 5.74) is 1.30. The van der Waals surface area contributed by atoms with Gasteiger partial charge in [-0.1, -0.05) is 0 Å². The Morgan fingerprint density at radius 3 is 2.62 bits per heavy atom. The van der Waals surface area contributed by atoms with Crippen molar-refractivity contribution in [2.24, 2.45) is 0 Å². The fourth-order valence-corrected chi connectivity index (χ4v) is 3.68. The second kappa shape index (κ2) is 7.75. The predicted octanol–water partition coefficient (Wildman–Crippen LogP) is 3.41. The van der Waals surface area contributed by atoms with Gasteiger partial charge in [0.15, 0.2) is 16.9 Å². The van der Waals surface area contributed by atoms with Gasteiger partial charge in [-0.15, -0.1) is 0 Å². The quantitative estimate of drug-likeness (QED) is 0.727. The normalized spacial score (nSPS) is 16.8. The van der Waals surface area contributed by atoms with E-state index in [0.29, 0.717) is 22.8 Å². The first-order valence-corrected chi connectivity index (χ1v) is 9.48. The highest BCUT2D eigenvalue weighted by atomic mass is 19.1. The zero-order chi connectivity index (χ0) is 20.5. The van der Waals surface area contributed by atoms with Crippen LogP contribution in [0.1, 0.15) is 6.92 Å². The monoisotopic (exact) mass is 398 g/mol. The van der Waals surface area contributed by atoms with Crippen molar-refractivity contribution in [3.8, 4) is 22.8 Å². The molecule has 0 radical (unpaired) electrons. The zero-order valence-corrected chi connectivity index (χ0v) is 16.6. The van der Waals surface area contributed by atoms with E-state index in [1.54, 1.807) is 6.07 Å². The molecule has 1 aromatic heterocycles. The Hall–Kier alpha value is -3.06. The first-order valence-electron chi connectivity index (χ1n) is 9.48. The summed E-state index contributed by atoms with van der Waals surface area (Å²) in [5.74, 6) is 0.211. The van der Waals surface area contributed by atoms with E-state index >= 15 is 0 Å². The van der Waals surface area contributed by atoms with Gasteiger partial charge in [0.25, 0.3) is 0 Å². The van der Waals surface area contributed by atoms with Crippen LogP contribution in [0.4, 0.5) is 10.1 Å². The molecule has 152 valence electrons. The second-order valence-electron chi connectivity index (χ2n) is 7.14. The summed E-state index contributed by atoms with van der Waals surface area (Å²) in [6, 6.07) is 9.91. The summed E-state index contributed by atoms with van der Waals surface area (Å²) in [6.07, 6.45) is 0. The Balaban J connectivity index is 1.77. The number of fused-ring (bicyclic) bond motifs is 1. The van der Waals surface area contributed by atoms with Crippen molar-refractivity contribution >= 4 is 16.7 Å². The topological polar surface area (TPSA) is 63.9 Å². The fraction of sp³-hybridized carbons (Fsp3) is 0.318. The second-order valence-corrected chi connectivity index (χ2v) is 7.14. The van der Waals surface area contributed by atoms with Gasteiger partial charge in [-0.2, -0.15) is 0 Å². The van der Waals surface area contributed by atoms with Crippen LogP contribution in [-0.2, 0) is 0 Å². The standard InChI is InChI=1S/C22H23FN2O4/c1-13-12-25(7-6-24-13)14-4-5-19-16(8-14)18(26)11-20(29-19)15-9-21(27-2)22(28-3)10-17(15)23/h4-5,8-11,13,24H,6-7,12H2,1-3H3/t13-/m1/s1. The van der Waals surface area contributed by atoms with Crippen molar-refractivity contribution in [3.05, 3.63) is 52.4 Å². The SMILES string of the molecule is COc1cc(F)c(-c2cc(=O)c3cc(N4CCN[C@H](C)C4)ccc3o2)cc1OC. The van der Waals surface area contributed by atoms with E-state index < -0.39 is 5.82 Å². The molecule has 2 aromatic carbocycles. The van der Waals surface area contributed by atoms with Gasteiger partial charge >= 0.3 is 0 Å². The number of hydrogen-bond acceptors (Lipinski definition) is 6. The van der Waals surface area contributed by atoms with Crippen LogP contribution in [0.15, 0.2) is 45.6 Å². The molecule has 6 nitrogen and oxygen atoms in total. The van der Waals surface area contributed by atoms with Gasteiger partial charge in [0.1, 0.15) is 17.2 Å². The van der Waals surface area contributed by atoms with E-state index in [1.807, 2.05) is 12.1 Å². The number of anilines is 1. The highest BCUT2D eigenvalue weighted by Crippen LogP contribution is 2.35. The molecule has 1 fully saturated rings. The van der Waals surface area contributed by atoms with Crippen LogP contribution < -0.4 is 25.1 Å². The van der Waals surface area contributed by atoms with E-state index in [2.05, 4.69) is 17.1 Å². The lowest BCUT2D eigenvalue weighted by Crippen LogP contribution is -2.49. The van der Waals surface area contributed by atoms with Crippen LogP contribution in [0.25, 0.3) is 22.3 Å². The molecule has 1 atom stereocenters. The van der Waals surface area contributed by atoms with Gasteiger partial charge in [0.05, 0.1) is 25.2 Å². The molecule has 0 unspecified atom stereocenters. The summed E-state index contributed by atoms with van der Waals surface area (Å²) in [7, 11) is 2.90. The summed E-state index contributed by atoms with van der Waals surface area (Å²) in [4.78, 5) is 15.0. The van der Waals surface area contributed by atoms with Crippen LogP contribution in [0, 0.1) is 5.82 Å². The first kappa shape index (κ1) is 19.3. The lowest BCUT2D eigenvalue weighted by atomic mass is 10.1. The van der Waals surface area contributed by atoms with Crippen LogP contribution in [-0.4, -0.2) is 39.9 Å². The smallest absolute Gasteiger partial charge is 0.193 e. The Morgan fingerprint density at radius 2 is 1.90 bits per heavy atom. The maximum absolute atomic E-state index is 14.6. The molecule has 1 aliphatic rings. The van der Waals surface area contributed by atoms with Gasteiger partial charge in [-0.3, -0.25) is 4.79 Å². The van der Waals surface area contributed by atoms with Gasteiger partial charge in [0.2, 0.25) is 0 Å². The number of hydrogen-bond donors (Lipinski definition) is 1. The first-order chi connectivity index (χ1) is 14.0. The van der Waals surface area contributed by atoms with Crippen LogP contribution in [0.5, 0.6) is 11.5 Å². The van der Waals surface area contributed by atoms with Crippen molar-refractivity contribution in [2.45, 2.75) is 13.0 Å². The van der Waals surface area contributed by atoms with E-state index in [0.717, 1.165) is 25.3 Å². The largest absolute Gasteiger partial charge is 0.493 e. The highest BCUT2D eigenvalue weighted by Gasteiger charge is 2.19. The predicted molar refractivity (Wildman–Crippen MR) is 111 cm³/mol. The number of rotatable bonds is 4. The lowest BCUT2D eigenvalue weighted by Gasteiger charge is -2.33. The molecule has 0 spiro atoms. The maximum atomic E-state index is 14.6. The van der Waals surface area contributed by atoms with Crippen LogP contribution in [0.3, 0.4) is 0 Å². The number of methoxy groups -OCH3 is 2. The minimum Gasteiger partial charge on any atom is -0.493 e. The van der Waals surface area contributed by atoms with Crippen molar-refractivity contribution < 1.29 is 18.3 Å². The van der Waals surface area contributed by atoms with E-state index in [4.69, 9.17) is 13.9 Å². The summed E-state index contributed by atoms with van der Waals surface area (Å²) in [6.45, 7) is 4.76. The number of benzene rings is 2. The van der Waals surface area contributed by atoms with Gasteiger partial charge in [0, 0.05) is 43.5 Å². The van der Waals surface area contributed by atoms with E-state index in [-0.39, 0.29) is 22.5 Å². The number of nitrogens with one attached hydrogen (secondary N) is 1. The van der Waals surface area contributed by atoms with Crippen molar-refractivity contribution in [1.82, 2.24) is 5.32 Å². The molecular weight excluding hydrogens is 375 g/mol. The molecule has 0 bridgehead atoms. The molecule has 29 heavy (non-hydrogen) atoms. The molecule has 2 heterocycles. The molecule has 0 amide bonds. The highest BCUT2D eigenvalue weighted by molar-refractivity contribution is 5.82. The average Bonchev–Trinajstić information content (AvgIpc) is 2.73. The third kappa shape index (κ3) is 3.65. The minimum absolute atomic E-state index is 0.140. The summed E-state index contributed by atoms with van der Waals surface area (Å²) >= 11 is 0. The minimum atomic E-state index is -0.559. The average molecular weight is 398 g/mol. The third-order valence-electron chi connectivity index (χ3n) is 5.18. The van der Waals surface area contributed by atoms with Crippen molar-refractivity contribution in [2.75, 3.05) is 38.8 Å². The van der Waals surface area contributed by atoms with E-state index in [1.165, 1.54) is 32.4 Å². The molecule has 1 aliphatic heterocycles. The molecular formula is C22H23FN2O4. The maximum Gasteiger partial charge on any atom is 0.193 e. The van der Waals surface area contributed by atoms with Gasteiger partial charge in [-0.25, -0.2) is 4.39 Å². The molecule has 1 N–H and O–H groups in total. The fourth-order valence-electron chi connectivity index (χ4n) is 3.68. The Morgan fingerprint density at radius 1 is 1.14 bits per heavy atom. The molecule has 0 aliphatic carbocycles. The Labute approximate surface area is 167 Å². The van der Waals surface area contributed by atoms with Gasteiger partial charge < -0.3 is 24.1 Å². The van der Waals surface area contributed by atoms with Crippen LogP contribution in [0.2, 0.25) is 0 Å². The lowest BCUT2D eigenvalue weighted by molar-refractivity contribution is 0.352. The zero-order valence-electron chi connectivity index (χ0n) is 16.6. The molecule has 7 heteroatoms. The van der Waals surface area contributed by atoms with Crippen LogP contribution >= 0.6 is 0 Å². The number of halogens is 1. The molecule has 0 saturated carbocycles. The van der Waals surface area contributed by atoms with E-state index in [9.17, 15) is 9.18 Å². The number of nitrogens with zero attached hydrogens (tertiary/aromatic N) is 1. The van der Waals surface area contributed by atoms with Crippen molar-refractivity contribution in [1.29, 1.82) is 0 Å². The van der Waals surface area contributed by atoms with Crippen molar-refractivity contribution in [3.63, 3.8) is 0 Å². The van der Waals surface area contributed by atoms with Gasteiger partial charge in [-0.05, 0) is 31.2 Å². The molecule has 3 aromatic rings. The number of ether oxygens (including phenoxy) is 2. The molecule has 4 rings (SSSR count). The Kier molecular flexibility index (Phi) is 5.15. The Bertz CT molecular complexity index is 1110.